The third kappa shape index (κ3) is 2.52. The summed E-state index contributed by atoms with van der Waals surface area (Å²) in [4.78, 5) is 34.5. The number of H-pyrrole nitrogens is 1. The van der Waals surface area contributed by atoms with Gasteiger partial charge in [0.15, 0.2) is 0 Å². The average molecular weight is 358 g/mol. The largest absolute Gasteiger partial charge is 0.339 e. The van der Waals surface area contributed by atoms with Crippen LogP contribution in [0.1, 0.15) is 23.2 Å². The van der Waals surface area contributed by atoms with E-state index in [2.05, 4.69) is 9.97 Å². The molecule has 0 unspecified atom stereocenters. The van der Waals surface area contributed by atoms with Crippen LogP contribution in [-0.4, -0.2) is 38.3 Å². The first-order chi connectivity index (χ1) is 13.2. The van der Waals surface area contributed by atoms with E-state index in [0.717, 1.165) is 37.0 Å². The first-order valence-corrected chi connectivity index (χ1v) is 9.10. The monoisotopic (exact) mass is 358 g/mol. The van der Waals surface area contributed by atoms with Gasteiger partial charge in [-0.25, -0.2) is 4.98 Å². The summed E-state index contributed by atoms with van der Waals surface area (Å²) in [5.41, 5.74) is 3.25. The molecular weight excluding hydrogens is 340 g/mol. The Balaban J connectivity index is 1.72. The van der Waals surface area contributed by atoms with Crippen LogP contribution in [0.5, 0.6) is 0 Å². The number of likely N-dealkylation sites (tertiary alicyclic amines) is 1. The van der Waals surface area contributed by atoms with Crippen LogP contribution < -0.4 is 5.56 Å². The van der Waals surface area contributed by atoms with Gasteiger partial charge in [-0.05, 0) is 31.0 Å². The maximum Gasteiger partial charge on any atom is 0.274 e. The number of amides is 1. The fourth-order valence-electron chi connectivity index (χ4n) is 3.80. The molecule has 0 spiro atoms. The number of aromatic nitrogens is 3. The summed E-state index contributed by atoms with van der Waals surface area (Å²) in [5, 5.41) is 0. The van der Waals surface area contributed by atoms with Gasteiger partial charge in [0, 0.05) is 24.2 Å². The molecule has 0 saturated carbocycles. The van der Waals surface area contributed by atoms with Crippen LogP contribution in [0, 0.1) is 0 Å². The highest BCUT2D eigenvalue weighted by molar-refractivity contribution is 5.98. The van der Waals surface area contributed by atoms with Gasteiger partial charge in [-0.2, -0.15) is 0 Å². The first-order valence-electron chi connectivity index (χ1n) is 9.10. The Morgan fingerprint density at radius 3 is 2.56 bits per heavy atom. The Bertz CT molecular complexity index is 1220. The number of fused-ring (bicyclic) bond motifs is 3. The van der Waals surface area contributed by atoms with Gasteiger partial charge in [-0.1, -0.05) is 30.3 Å². The van der Waals surface area contributed by atoms with E-state index < -0.39 is 0 Å². The topological polar surface area (TPSA) is 70.5 Å². The van der Waals surface area contributed by atoms with Crippen LogP contribution >= 0.6 is 0 Å². The van der Waals surface area contributed by atoms with Crippen LogP contribution in [0.2, 0.25) is 0 Å². The zero-order valence-corrected chi connectivity index (χ0v) is 14.7. The lowest BCUT2D eigenvalue weighted by Gasteiger charge is -2.15. The number of hydrogen-bond acceptors (Lipinski definition) is 3. The van der Waals surface area contributed by atoms with Gasteiger partial charge in [0.25, 0.3) is 11.5 Å². The molecule has 27 heavy (non-hydrogen) atoms. The Labute approximate surface area is 155 Å². The number of nitrogens with one attached hydrogen (secondary N) is 1. The predicted octanol–water partition coefficient (Wildman–Crippen LogP) is 3.08. The minimum atomic E-state index is -0.219. The molecule has 1 amide bonds. The van der Waals surface area contributed by atoms with E-state index in [0.29, 0.717) is 22.4 Å². The SMILES string of the molecule is O=C(c1ccc2c(c1)[nH]c(=O)c1cnc(-c3ccccc3)n12)N1CCCC1. The summed E-state index contributed by atoms with van der Waals surface area (Å²) < 4.78 is 1.85. The number of carbonyl (C=O) groups excluding carboxylic acids is 1. The Morgan fingerprint density at radius 1 is 1.00 bits per heavy atom. The molecule has 0 aliphatic carbocycles. The lowest BCUT2D eigenvalue weighted by molar-refractivity contribution is 0.0793. The quantitative estimate of drug-likeness (QED) is 0.599. The molecule has 1 aliphatic rings. The van der Waals surface area contributed by atoms with Gasteiger partial charge < -0.3 is 9.88 Å². The van der Waals surface area contributed by atoms with Crippen molar-refractivity contribution < 1.29 is 4.79 Å². The molecule has 0 atom stereocenters. The summed E-state index contributed by atoms with van der Waals surface area (Å²) in [7, 11) is 0. The highest BCUT2D eigenvalue weighted by atomic mass is 16.2. The highest BCUT2D eigenvalue weighted by Crippen LogP contribution is 2.23. The van der Waals surface area contributed by atoms with Crippen molar-refractivity contribution in [1.82, 2.24) is 19.3 Å². The average Bonchev–Trinajstić information content (AvgIpc) is 3.38. The number of hydrogen-bond donors (Lipinski definition) is 1. The minimum Gasteiger partial charge on any atom is -0.339 e. The molecule has 6 heteroatoms. The van der Waals surface area contributed by atoms with Crippen LogP contribution in [-0.2, 0) is 0 Å². The van der Waals surface area contributed by atoms with Crippen molar-refractivity contribution in [3.05, 3.63) is 70.6 Å². The normalized spacial score (nSPS) is 14.3. The number of imidazole rings is 1. The van der Waals surface area contributed by atoms with Crippen LogP contribution in [0.15, 0.2) is 59.5 Å². The minimum absolute atomic E-state index is 0.0178. The van der Waals surface area contributed by atoms with Gasteiger partial charge >= 0.3 is 0 Å². The zero-order valence-electron chi connectivity index (χ0n) is 14.7. The van der Waals surface area contributed by atoms with Gasteiger partial charge in [0.1, 0.15) is 11.3 Å². The number of carbonyl (C=O) groups is 1. The molecule has 134 valence electrons. The van der Waals surface area contributed by atoms with Crippen LogP contribution in [0.25, 0.3) is 27.9 Å². The molecular formula is C21H18N4O2. The molecule has 4 aromatic rings. The van der Waals surface area contributed by atoms with E-state index in [4.69, 9.17) is 0 Å². The standard InChI is InChI=1S/C21H18N4O2/c26-20-18-13-22-19(14-6-2-1-3-7-14)25(18)17-9-8-15(12-16(17)23-20)21(27)24-10-4-5-11-24/h1-3,6-9,12-13H,4-5,10-11H2,(H,23,26). The Kier molecular flexibility index (Phi) is 3.57. The Hall–Kier alpha value is -3.41. The molecule has 1 aliphatic heterocycles. The van der Waals surface area contributed by atoms with Crippen molar-refractivity contribution >= 4 is 22.5 Å². The summed E-state index contributed by atoms with van der Waals surface area (Å²) in [6.07, 6.45) is 3.68. The van der Waals surface area contributed by atoms with E-state index in [1.807, 2.05) is 51.8 Å². The molecule has 1 fully saturated rings. The second-order valence-electron chi connectivity index (χ2n) is 6.85. The van der Waals surface area contributed by atoms with Gasteiger partial charge in [0.2, 0.25) is 0 Å². The fraction of sp³-hybridized carbons (Fsp3) is 0.190. The maximum atomic E-state index is 12.7. The van der Waals surface area contributed by atoms with Crippen LogP contribution in [0.4, 0.5) is 0 Å². The van der Waals surface area contributed by atoms with Gasteiger partial charge in [-0.15, -0.1) is 0 Å². The van der Waals surface area contributed by atoms with E-state index in [-0.39, 0.29) is 11.5 Å². The maximum absolute atomic E-state index is 12.7. The van der Waals surface area contributed by atoms with Crippen molar-refractivity contribution in [1.29, 1.82) is 0 Å². The van der Waals surface area contributed by atoms with Gasteiger partial charge in [-0.3, -0.25) is 14.0 Å². The van der Waals surface area contributed by atoms with Crippen molar-refractivity contribution in [2.45, 2.75) is 12.8 Å². The molecule has 0 radical (unpaired) electrons. The predicted molar refractivity (Wildman–Crippen MR) is 104 cm³/mol. The summed E-state index contributed by atoms with van der Waals surface area (Å²) >= 11 is 0. The zero-order chi connectivity index (χ0) is 18.4. The van der Waals surface area contributed by atoms with E-state index in [1.165, 1.54) is 0 Å². The van der Waals surface area contributed by atoms with E-state index in [9.17, 15) is 9.59 Å². The van der Waals surface area contributed by atoms with Crippen molar-refractivity contribution in [2.24, 2.45) is 0 Å². The van der Waals surface area contributed by atoms with Crippen molar-refractivity contribution in [2.75, 3.05) is 13.1 Å². The number of rotatable bonds is 2. The molecule has 6 nitrogen and oxygen atoms in total. The first kappa shape index (κ1) is 15.8. The summed E-state index contributed by atoms with van der Waals surface area (Å²) in [6.45, 7) is 1.60. The molecule has 5 rings (SSSR count). The smallest absolute Gasteiger partial charge is 0.274 e. The summed E-state index contributed by atoms with van der Waals surface area (Å²) in [6, 6.07) is 15.2. The molecule has 0 bridgehead atoms. The van der Waals surface area contributed by atoms with E-state index in [1.54, 1.807) is 12.3 Å². The fourth-order valence-corrected chi connectivity index (χ4v) is 3.80. The third-order valence-electron chi connectivity index (χ3n) is 5.15. The third-order valence-corrected chi connectivity index (χ3v) is 5.15. The second-order valence-corrected chi connectivity index (χ2v) is 6.85. The molecule has 3 heterocycles. The second kappa shape index (κ2) is 6.09. The lowest BCUT2D eigenvalue weighted by atomic mass is 10.1. The van der Waals surface area contributed by atoms with Crippen molar-refractivity contribution in [3.8, 4) is 11.4 Å². The molecule has 1 saturated heterocycles. The number of nitrogens with zero attached hydrogens (tertiary/aromatic N) is 3. The number of benzene rings is 2. The highest BCUT2D eigenvalue weighted by Gasteiger charge is 2.20. The van der Waals surface area contributed by atoms with Crippen LogP contribution in [0.3, 0.4) is 0 Å². The van der Waals surface area contributed by atoms with Gasteiger partial charge in [0.05, 0.1) is 17.2 Å². The summed E-state index contributed by atoms with van der Waals surface area (Å²) in [5.74, 6) is 0.726. The van der Waals surface area contributed by atoms with E-state index >= 15 is 0 Å². The molecule has 2 aromatic heterocycles. The molecule has 2 aromatic carbocycles. The number of aromatic amines is 1. The molecule has 1 N–H and O–H groups in total. The lowest BCUT2D eigenvalue weighted by Crippen LogP contribution is -2.27. The Morgan fingerprint density at radius 2 is 1.78 bits per heavy atom. The van der Waals surface area contributed by atoms with Crippen molar-refractivity contribution in [3.63, 3.8) is 0 Å².